The molecule has 5 N–H and O–H groups in total. The zero-order valence-electron chi connectivity index (χ0n) is 12.3. The zero-order valence-corrected chi connectivity index (χ0v) is 12.3. The highest BCUT2D eigenvalue weighted by Gasteiger charge is 2.12. The largest absolute Gasteiger partial charge is 0.446 e. The summed E-state index contributed by atoms with van der Waals surface area (Å²) in [4.78, 5) is 8.03. The van der Waals surface area contributed by atoms with E-state index in [0.29, 0.717) is 23.5 Å². The number of rotatable bonds is 3. The van der Waals surface area contributed by atoms with Crippen LogP contribution in [0.25, 0.3) is 21.9 Å². The number of nitrogen functional groups attached to an aromatic ring is 2. The molecule has 0 aliphatic carbocycles. The molecule has 2 heterocycles. The van der Waals surface area contributed by atoms with E-state index in [0.717, 1.165) is 11.3 Å². The molecule has 0 amide bonds. The second-order valence-corrected chi connectivity index (χ2v) is 5.32. The minimum atomic E-state index is 0.110. The Labute approximate surface area is 132 Å². The Morgan fingerprint density at radius 3 is 2.70 bits per heavy atom. The second-order valence-electron chi connectivity index (χ2n) is 5.32. The van der Waals surface area contributed by atoms with Crippen molar-refractivity contribution in [2.24, 2.45) is 0 Å². The molecule has 114 valence electrons. The number of hydrogen-bond acceptors (Lipinski definition) is 6. The van der Waals surface area contributed by atoms with Gasteiger partial charge in [0.15, 0.2) is 0 Å². The predicted molar refractivity (Wildman–Crippen MR) is 91.9 cm³/mol. The first-order chi connectivity index (χ1) is 11.2. The predicted octanol–water partition coefficient (Wildman–Crippen LogP) is 3.15. The van der Waals surface area contributed by atoms with Gasteiger partial charge in [-0.25, -0.2) is 0 Å². The van der Waals surface area contributed by atoms with Crippen LogP contribution in [-0.4, -0.2) is 9.97 Å². The molecule has 23 heavy (non-hydrogen) atoms. The van der Waals surface area contributed by atoms with Crippen molar-refractivity contribution in [3.63, 3.8) is 0 Å². The van der Waals surface area contributed by atoms with E-state index >= 15 is 0 Å². The molecular weight excluding hydrogens is 290 g/mol. The van der Waals surface area contributed by atoms with Crippen LogP contribution in [0.1, 0.15) is 5.56 Å². The maximum Gasteiger partial charge on any atom is 0.233 e. The average molecular weight is 305 g/mol. The van der Waals surface area contributed by atoms with Crippen molar-refractivity contribution in [3.05, 3.63) is 54.3 Å². The summed E-state index contributed by atoms with van der Waals surface area (Å²) in [5.74, 6) is 0.440. The normalized spacial score (nSPS) is 11.1. The van der Waals surface area contributed by atoms with Crippen molar-refractivity contribution in [2.45, 2.75) is 6.54 Å². The third kappa shape index (κ3) is 2.40. The fourth-order valence-electron chi connectivity index (χ4n) is 2.67. The van der Waals surface area contributed by atoms with Crippen molar-refractivity contribution < 1.29 is 4.42 Å². The van der Waals surface area contributed by atoms with Gasteiger partial charge in [0, 0.05) is 17.8 Å². The molecule has 0 saturated heterocycles. The standard InChI is InChI=1S/C17H15N5O/c18-15-14-12(9-23-16(14)22-17(19)21-15)8-20-13-6-5-10-3-1-2-4-11(10)7-13/h1-7,9,20H,8H2,(H4,18,19,21,22). The molecule has 6 nitrogen and oxygen atoms in total. The highest BCUT2D eigenvalue weighted by molar-refractivity contribution is 5.89. The Kier molecular flexibility index (Phi) is 3.01. The van der Waals surface area contributed by atoms with Gasteiger partial charge in [-0.2, -0.15) is 9.97 Å². The molecule has 0 saturated carbocycles. The van der Waals surface area contributed by atoms with Crippen LogP contribution < -0.4 is 16.8 Å². The van der Waals surface area contributed by atoms with E-state index in [-0.39, 0.29) is 5.95 Å². The molecule has 4 aromatic rings. The van der Waals surface area contributed by atoms with Gasteiger partial charge in [0.05, 0.1) is 11.6 Å². The van der Waals surface area contributed by atoms with Crippen LogP contribution in [0.2, 0.25) is 0 Å². The summed E-state index contributed by atoms with van der Waals surface area (Å²) in [5, 5.41) is 6.47. The fraction of sp³-hybridized carbons (Fsp3) is 0.0588. The van der Waals surface area contributed by atoms with E-state index in [1.54, 1.807) is 6.26 Å². The number of nitrogens with one attached hydrogen (secondary N) is 1. The Morgan fingerprint density at radius 1 is 1.00 bits per heavy atom. The highest BCUT2D eigenvalue weighted by Crippen LogP contribution is 2.26. The van der Waals surface area contributed by atoms with E-state index in [1.807, 2.05) is 18.2 Å². The summed E-state index contributed by atoms with van der Waals surface area (Å²) in [5.41, 5.74) is 13.8. The molecule has 2 aromatic carbocycles. The molecule has 0 bridgehead atoms. The third-order valence-electron chi connectivity index (χ3n) is 3.79. The average Bonchev–Trinajstić information content (AvgIpc) is 2.96. The summed E-state index contributed by atoms with van der Waals surface area (Å²) >= 11 is 0. The van der Waals surface area contributed by atoms with Crippen molar-refractivity contribution >= 4 is 39.3 Å². The molecular formula is C17H15N5O. The van der Waals surface area contributed by atoms with Crippen LogP contribution >= 0.6 is 0 Å². The number of anilines is 3. The molecule has 0 atom stereocenters. The molecule has 2 aromatic heterocycles. The van der Waals surface area contributed by atoms with Gasteiger partial charge in [-0.05, 0) is 22.9 Å². The van der Waals surface area contributed by atoms with Crippen LogP contribution in [0.5, 0.6) is 0 Å². The molecule has 4 rings (SSSR count). The maximum atomic E-state index is 5.93. The zero-order chi connectivity index (χ0) is 15.8. The molecule has 0 aliphatic heterocycles. The van der Waals surface area contributed by atoms with Gasteiger partial charge >= 0.3 is 0 Å². The van der Waals surface area contributed by atoms with Gasteiger partial charge in [0.25, 0.3) is 0 Å². The van der Waals surface area contributed by atoms with Crippen LogP contribution in [0, 0.1) is 0 Å². The van der Waals surface area contributed by atoms with Crippen LogP contribution in [0.3, 0.4) is 0 Å². The Bertz CT molecular complexity index is 1010. The topological polar surface area (TPSA) is 103 Å². The first-order valence-corrected chi connectivity index (χ1v) is 7.22. The van der Waals surface area contributed by atoms with E-state index in [2.05, 4.69) is 39.6 Å². The van der Waals surface area contributed by atoms with Crippen molar-refractivity contribution in [2.75, 3.05) is 16.8 Å². The molecule has 0 aliphatic rings. The minimum Gasteiger partial charge on any atom is -0.446 e. The Morgan fingerprint density at radius 2 is 1.83 bits per heavy atom. The lowest BCUT2D eigenvalue weighted by atomic mass is 10.1. The highest BCUT2D eigenvalue weighted by atomic mass is 16.3. The molecule has 0 spiro atoms. The molecule has 0 fully saturated rings. The summed E-state index contributed by atoms with van der Waals surface area (Å²) in [6.45, 7) is 0.558. The lowest BCUT2D eigenvalue weighted by molar-refractivity contribution is 0.599. The minimum absolute atomic E-state index is 0.110. The molecule has 6 heteroatoms. The second kappa shape index (κ2) is 5.17. The van der Waals surface area contributed by atoms with Gasteiger partial charge in [-0.1, -0.05) is 30.3 Å². The third-order valence-corrected chi connectivity index (χ3v) is 3.79. The summed E-state index contributed by atoms with van der Waals surface area (Å²) in [6, 6.07) is 14.5. The monoisotopic (exact) mass is 305 g/mol. The molecule has 0 radical (unpaired) electrons. The fourth-order valence-corrected chi connectivity index (χ4v) is 2.67. The summed E-state index contributed by atoms with van der Waals surface area (Å²) < 4.78 is 5.42. The van der Waals surface area contributed by atoms with Gasteiger partial charge in [-0.15, -0.1) is 0 Å². The van der Waals surface area contributed by atoms with E-state index < -0.39 is 0 Å². The summed E-state index contributed by atoms with van der Waals surface area (Å²) in [7, 11) is 0. The number of aromatic nitrogens is 2. The Balaban J connectivity index is 1.63. The summed E-state index contributed by atoms with van der Waals surface area (Å²) in [6.07, 6.45) is 1.63. The van der Waals surface area contributed by atoms with Gasteiger partial charge in [0.2, 0.25) is 11.7 Å². The lowest BCUT2D eigenvalue weighted by Crippen LogP contribution is -2.02. The number of benzene rings is 2. The van der Waals surface area contributed by atoms with Crippen molar-refractivity contribution in [1.82, 2.24) is 9.97 Å². The van der Waals surface area contributed by atoms with Crippen LogP contribution in [0.15, 0.2) is 53.1 Å². The SMILES string of the molecule is Nc1nc(N)c2c(CNc3ccc4ccccc4c3)coc2n1. The number of nitrogens with two attached hydrogens (primary N) is 2. The molecule has 0 unspecified atom stereocenters. The Hall–Kier alpha value is -3.28. The number of nitrogens with zero attached hydrogens (tertiary/aromatic N) is 2. The first-order valence-electron chi connectivity index (χ1n) is 7.22. The van der Waals surface area contributed by atoms with Crippen LogP contribution in [0.4, 0.5) is 17.5 Å². The number of furan rings is 1. The van der Waals surface area contributed by atoms with Crippen LogP contribution in [-0.2, 0) is 6.54 Å². The maximum absolute atomic E-state index is 5.93. The smallest absolute Gasteiger partial charge is 0.233 e. The van der Waals surface area contributed by atoms with Crippen molar-refractivity contribution in [1.29, 1.82) is 0 Å². The van der Waals surface area contributed by atoms with E-state index in [1.165, 1.54) is 10.8 Å². The van der Waals surface area contributed by atoms with Gasteiger partial charge in [0.1, 0.15) is 5.82 Å². The number of fused-ring (bicyclic) bond motifs is 2. The quantitative estimate of drug-likeness (QED) is 0.537. The van der Waals surface area contributed by atoms with Crippen molar-refractivity contribution in [3.8, 4) is 0 Å². The van der Waals surface area contributed by atoms with E-state index in [9.17, 15) is 0 Å². The lowest BCUT2D eigenvalue weighted by Gasteiger charge is -2.07. The number of hydrogen-bond donors (Lipinski definition) is 3. The van der Waals surface area contributed by atoms with E-state index in [4.69, 9.17) is 15.9 Å². The first kappa shape index (κ1) is 13.4. The van der Waals surface area contributed by atoms with Gasteiger partial charge in [-0.3, -0.25) is 0 Å². The van der Waals surface area contributed by atoms with Gasteiger partial charge < -0.3 is 21.2 Å².